The van der Waals surface area contributed by atoms with Crippen molar-refractivity contribution in [2.24, 2.45) is 0 Å². The normalized spacial score (nSPS) is 14.6. The molecule has 0 saturated carbocycles. The van der Waals surface area contributed by atoms with Gasteiger partial charge in [-0.15, -0.1) is 0 Å². The average molecular weight is 561 g/mol. The van der Waals surface area contributed by atoms with Crippen LogP contribution in [-0.2, 0) is 38.1 Å². The van der Waals surface area contributed by atoms with Gasteiger partial charge in [-0.05, 0) is 62.3 Å². The highest BCUT2D eigenvalue weighted by Crippen LogP contribution is 2.14. The lowest BCUT2D eigenvalue weighted by atomic mass is 10.0. The van der Waals surface area contributed by atoms with Gasteiger partial charge in [-0.1, -0.05) is 0 Å². The molecule has 39 heavy (non-hydrogen) atoms. The number of hydrogen-bond donors (Lipinski definition) is 4. The van der Waals surface area contributed by atoms with Gasteiger partial charge in [-0.2, -0.15) is 0 Å². The summed E-state index contributed by atoms with van der Waals surface area (Å²) < 4.78 is 20.6. The third kappa shape index (κ3) is 16.1. The molecule has 0 aliphatic heterocycles. The molecule has 4 atom stereocenters. The van der Waals surface area contributed by atoms with Gasteiger partial charge in [0.25, 0.3) is 0 Å². The number of ether oxygens (including phenoxy) is 4. The topological polar surface area (TPSA) is 187 Å². The third-order valence-corrected chi connectivity index (χ3v) is 4.34. The molecular formula is C25H44N4O10. The lowest BCUT2D eigenvalue weighted by Gasteiger charge is -2.33. The van der Waals surface area contributed by atoms with Crippen molar-refractivity contribution in [1.82, 2.24) is 21.3 Å². The SMILES string of the molecule is CC(=O)OC[C@H](NC(=O)OC(C)C(OC(C)=O)[C@H](NC(=O)OC(C)C)C(=O)NC(C)(C)C)C(=O)NC(C)(C)C. The Morgan fingerprint density at radius 3 is 1.59 bits per heavy atom. The van der Waals surface area contributed by atoms with E-state index in [0.717, 1.165) is 13.8 Å². The maximum Gasteiger partial charge on any atom is 0.408 e. The summed E-state index contributed by atoms with van der Waals surface area (Å²) in [6.45, 7) is 16.5. The predicted octanol–water partition coefficient (Wildman–Crippen LogP) is 1.30. The monoisotopic (exact) mass is 560 g/mol. The smallest absolute Gasteiger partial charge is 0.408 e. The fraction of sp³-hybridized carbons (Fsp3) is 0.760. The second-order valence-corrected chi connectivity index (χ2v) is 11.2. The van der Waals surface area contributed by atoms with Crippen LogP contribution in [0.25, 0.3) is 0 Å². The van der Waals surface area contributed by atoms with Crippen LogP contribution in [0.4, 0.5) is 9.59 Å². The maximum absolute atomic E-state index is 13.1. The molecule has 0 aliphatic rings. The molecule has 0 aliphatic carbocycles. The van der Waals surface area contributed by atoms with Gasteiger partial charge in [-0.25, -0.2) is 9.59 Å². The first-order chi connectivity index (χ1) is 17.6. The molecule has 0 saturated heterocycles. The first kappa shape index (κ1) is 35.4. The zero-order chi connectivity index (χ0) is 30.7. The predicted molar refractivity (Wildman–Crippen MR) is 139 cm³/mol. The van der Waals surface area contributed by atoms with Crippen LogP contribution >= 0.6 is 0 Å². The van der Waals surface area contributed by atoms with E-state index in [-0.39, 0.29) is 0 Å². The molecule has 0 fully saturated rings. The van der Waals surface area contributed by atoms with Crippen molar-refractivity contribution in [3.63, 3.8) is 0 Å². The van der Waals surface area contributed by atoms with Crippen LogP contribution < -0.4 is 21.3 Å². The van der Waals surface area contributed by atoms with Crippen molar-refractivity contribution in [2.75, 3.05) is 6.61 Å². The molecule has 14 nitrogen and oxygen atoms in total. The fourth-order valence-electron chi connectivity index (χ4n) is 3.00. The molecule has 0 aromatic rings. The van der Waals surface area contributed by atoms with Crippen LogP contribution in [0.2, 0.25) is 0 Å². The van der Waals surface area contributed by atoms with Crippen LogP contribution in [0.5, 0.6) is 0 Å². The van der Waals surface area contributed by atoms with E-state index in [0.29, 0.717) is 0 Å². The number of carbonyl (C=O) groups excluding carboxylic acids is 6. The lowest BCUT2D eigenvalue weighted by Crippen LogP contribution is -2.61. The summed E-state index contributed by atoms with van der Waals surface area (Å²) in [5.74, 6) is -2.87. The van der Waals surface area contributed by atoms with E-state index in [9.17, 15) is 28.8 Å². The standard InChI is InChI=1S/C25H44N4O10/c1-13(2)37-23(35)27-18(21(33)29-25(9,10)11)19(39-16(5)31)14(3)38-22(34)26-17(12-36-15(4)30)20(32)28-24(6,7)8/h13-14,17-19H,12H2,1-11H3,(H,26,34)(H,27,35)(H,28,32)(H,29,33)/t14?,17-,18-,19?/m0/s1. The highest BCUT2D eigenvalue weighted by Gasteiger charge is 2.40. The van der Waals surface area contributed by atoms with E-state index in [1.807, 2.05) is 0 Å². The van der Waals surface area contributed by atoms with Gasteiger partial charge in [0.15, 0.2) is 12.1 Å². The van der Waals surface area contributed by atoms with Gasteiger partial charge >= 0.3 is 24.1 Å². The molecule has 0 rings (SSSR count). The molecule has 4 N–H and O–H groups in total. The molecule has 0 aromatic heterocycles. The summed E-state index contributed by atoms with van der Waals surface area (Å²) >= 11 is 0. The Labute approximate surface area is 229 Å². The van der Waals surface area contributed by atoms with E-state index < -0.39 is 84.0 Å². The van der Waals surface area contributed by atoms with Gasteiger partial charge in [0.2, 0.25) is 11.8 Å². The van der Waals surface area contributed by atoms with Crippen molar-refractivity contribution in [2.45, 2.75) is 118 Å². The van der Waals surface area contributed by atoms with Crippen LogP contribution in [-0.4, -0.2) is 84.0 Å². The van der Waals surface area contributed by atoms with Gasteiger partial charge in [0.1, 0.15) is 18.8 Å². The van der Waals surface area contributed by atoms with Crippen molar-refractivity contribution in [3.8, 4) is 0 Å². The Morgan fingerprint density at radius 2 is 1.15 bits per heavy atom. The fourth-order valence-corrected chi connectivity index (χ4v) is 3.00. The van der Waals surface area contributed by atoms with Crippen LogP contribution in [0.3, 0.4) is 0 Å². The molecule has 2 unspecified atom stereocenters. The summed E-state index contributed by atoms with van der Waals surface area (Å²) in [5, 5.41) is 10.0. The highest BCUT2D eigenvalue weighted by molar-refractivity contribution is 5.88. The van der Waals surface area contributed by atoms with Crippen molar-refractivity contribution >= 4 is 35.9 Å². The zero-order valence-electron chi connectivity index (χ0n) is 24.7. The van der Waals surface area contributed by atoms with Crippen molar-refractivity contribution in [3.05, 3.63) is 0 Å². The van der Waals surface area contributed by atoms with E-state index in [4.69, 9.17) is 18.9 Å². The number of carbonyl (C=O) groups is 6. The quantitative estimate of drug-likeness (QED) is 0.212. The molecule has 14 heteroatoms. The average Bonchev–Trinajstić information content (AvgIpc) is 2.69. The second kappa shape index (κ2) is 15.1. The van der Waals surface area contributed by atoms with Crippen molar-refractivity contribution in [1.29, 1.82) is 0 Å². The first-order valence-electron chi connectivity index (χ1n) is 12.5. The number of amides is 4. The van der Waals surface area contributed by atoms with E-state index >= 15 is 0 Å². The molecule has 224 valence electrons. The Morgan fingerprint density at radius 1 is 0.667 bits per heavy atom. The summed E-state index contributed by atoms with van der Waals surface area (Å²) in [5.41, 5.74) is -1.39. The second-order valence-electron chi connectivity index (χ2n) is 11.2. The summed E-state index contributed by atoms with van der Waals surface area (Å²) in [6, 6.07) is -2.85. The van der Waals surface area contributed by atoms with Gasteiger partial charge in [0.05, 0.1) is 6.10 Å². The number of alkyl carbamates (subject to hydrolysis) is 2. The molecule has 4 amide bonds. The maximum atomic E-state index is 13.1. The summed E-state index contributed by atoms with van der Waals surface area (Å²) in [6.07, 6.45) is -5.43. The number of nitrogens with one attached hydrogen (secondary N) is 4. The molecular weight excluding hydrogens is 516 g/mol. The van der Waals surface area contributed by atoms with Crippen molar-refractivity contribution < 1.29 is 47.7 Å². The minimum Gasteiger partial charge on any atom is -0.463 e. The first-order valence-corrected chi connectivity index (χ1v) is 12.5. The number of hydrogen-bond acceptors (Lipinski definition) is 10. The molecule has 0 aromatic carbocycles. The van der Waals surface area contributed by atoms with Gasteiger partial charge in [0, 0.05) is 24.9 Å². The molecule has 0 heterocycles. The Bertz CT molecular complexity index is 892. The Hall–Kier alpha value is -3.58. The number of rotatable bonds is 11. The van der Waals surface area contributed by atoms with E-state index in [2.05, 4.69) is 21.3 Å². The van der Waals surface area contributed by atoms with E-state index in [1.54, 1.807) is 55.4 Å². The van der Waals surface area contributed by atoms with Gasteiger partial charge in [-0.3, -0.25) is 19.2 Å². The minimum atomic E-state index is -1.52. The summed E-state index contributed by atoms with van der Waals surface area (Å²) in [4.78, 5) is 74.1. The van der Waals surface area contributed by atoms with Gasteiger partial charge < -0.3 is 40.2 Å². The lowest BCUT2D eigenvalue weighted by molar-refractivity contribution is -0.156. The largest absolute Gasteiger partial charge is 0.463 e. The van der Waals surface area contributed by atoms with Crippen LogP contribution in [0.1, 0.15) is 76.2 Å². The van der Waals surface area contributed by atoms with Crippen LogP contribution in [0, 0.1) is 0 Å². The Balaban J connectivity index is 5.98. The third-order valence-electron chi connectivity index (χ3n) is 4.34. The zero-order valence-corrected chi connectivity index (χ0v) is 24.7. The van der Waals surface area contributed by atoms with Crippen LogP contribution in [0.15, 0.2) is 0 Å². The minimum absolute atomic E-state index is 0.479. The molecule has 0 radical (unpaired) electrons. The number of esters is 2. The Kier molecular flexibility index (Phi) is 13.7. The summed E-state index contributed by atoms with van der Waals surface area (Å²) in [7, 11) is 0. The molecule has 0 spiro atoms. The highest BCUT2D eigenvalue weighted by atomic mass is 16.6. The van der Waals surface area contributed by atoms with E-state index in [1.165, 1.54) is 6.92 Å². The molecule has 0 bridgehead atoms.